The molecular weight excluding hydrogens is 294 g/mol. The van der Waals surface area contributed by atoms with E-state index < -0.39 is 6.23 Å². The van der Waals surface area contributed by atoms with Crippen LogP contribution in [0.4, 0.5) is 5.69 Å². The molecule has 0 aliphatic carbocycles. The summed E-state index contributed by atoms with van der Waals surface area (Å²) in [6.45, 7) is 1.00. The number of nitrogens with zero attached hydrogens (tertiary/aromatic N) is 1. The summed E-state index contributed by atoms with van der Waals surface area (Å²) in [6.07, 6.45) is 0.0625. The van der Waals surface area contributed by atoms with Gasteiger partial charge in [-0.2, -0.15) is 0 Å². The first-order valence-electron chi connectivity index (χ1n) is 7.49. The van der Waals surface area contributed by atoms with Crippen molar-refractivity contribution in [1.82, 2.24) is 0 Å². The first kappa shape index (κ1) is 15.4. The Morgan fingerprint density at radius 1 is 1.13 bits per heavy atom. The van der Waals surface area contributed by atoms with E-state index in [4.69, 9.17) is 14.2 Å². The smallest absolute Gasteiger partial charge is 0.187 e. The predicted octanol–water partition coefficient (Wildman–Crippen LogP) is 2.50. The van der Waals surface area contributed by atoms with Crippen LogP contribution in [-0.2, 0) is 9.53 Å². The van der Waals surface area contributed by atoms with Crippen LogP contribution in [0.15, 0.2) is 54.6 Å². The highest BCUT2D eigenvalue weighted by molar-refractivity contribution is 5.65. The van der Waals surface area contributed by atoms with E-state index in [1.54, 1.807) is 7.11 Å². The Labute approximate surface area is 135 Å². The fourth-order valence-electron chi connectivity index (χ4n) is 2.57. The summed E-state index contributed by atoms with van der Waals surface area (Å²) in [7, 11) is 1.62. The Bertz CT molecular complexity index is 629. The van der Waals surface area contributed by atoms with Crippen molar-refractivity contribution in [2.24, 2.45) is 0 Å². The van der Waals surface area contributed by atoms with Crippen LogP contribution in [0.5, 0.6) is 11.5 Å². The van der Waals surface area contributed by atoms with Gasteiger partial charge in [-0.3, -0.25) is 4.79 Å². The molecule has 0 saturated carbocycles. The molecule has 1 fully saturated rings. The van der Waals surface area contributed by atoms with Crippen molar-refractivity contribution in [3.8, 4) is 11.5 Å². The molecule has 0 spiro atoms. The quantitative estimate of drug-likeness (QED) is 0.767. The molecule has 0 bridgehead atoms. The molecule has 1 heterocycles. The molecule has 0 aromatic heterocycles. The van der Waals surface area contributed by atoms with Crippen LogP contribution in [-0.4, -0.2) is 38.9 Å². The van der Waals surface area contributed by atoms with Crippen LogP contribution < -0.4 is 14.4 Å². The zero-order valence-electron chi connectivity index (χ0n) is 12.9. The summed E-state index contributed by atoms with van der Waals surface area (Å²) in [5.41, 5.74) is 0.921. The van der Waals surface area contributed by atoms with Gasteiger partial charge in [0.05, 0.1) is 13.7 Å². The fourth-order valence-corrected chi connectivity index (χ4v) is 2.57. The maximum atomic E-state index is 11.3. The standard InChI is InChI=1S/C18H19NO4/c1-21-15-9-7-14(8-10-15)19-11-17(23-18(19)12-20)13-22-16-5-3-2-4-6-16/h2-10,12,17-18H,11,13H2,1H3. The summed E-state index contributed by atoms with van der Waals surface area (Å²) in [4.78, 5) is 13.2. The number of para-hydroxylation sites is 1. The van der Waals surface area contributed by atoms with Crippen molar-refractivity contribution in [2.45, 2.75) is 12.3 Å². The number of aldehydes is 1. The van der Waals surface area contributed by atoms with Gasteiger partial charge in [0.25, 0.3) is 0 Å². The molecule has 2 aromatic rings. The minimum absolute atomic E-state index is 0.160. The SMILES string of the molecule is COc1ccc(N2CC(COc3ccccc3)OC2C=O)cc1. The molecule has 2 atom stereocenters. The maximum absolute atomic E-state index is 11.3. The van der Waals surface area contributed by atoms with Crippen LogP contribution >= 0.6 is 0 Å². The molecule has 5 heteroatoms. The third kappa shape index (κ3) is 3.63. The highest BCUT2D eigenvalue weighted by Gasteiger charge is 2.33. The minimum atomic E-state index is -0.590. The summed E-state index contributed by atoms with van der Waals surface area (Å²) in [6, 6.07) is 17.1. The summed E-state index contributed by atoms with van der Waals surface area (Å²) in [5.74, 6) is 1.57. The van der Waals surface area contributed by atoms with Crippen LogP contribution in [0.3, 0.4) is 0 Å². The van der Waals surface area contributed by atoms with E-state index in [0.717, 1.165) is 23.5 Å². The monoisotopic (exact) mass is 313 g/mol. The first-order chi connectivity index (χ1) is 11.3. The maximum Gasteiger partial charge on any atom is 0.187 e. The average Bonchev–Trinajstić information content (AvgIpc) is 3.04. The average molecular weight is 313 g/mol. The van der Waals surface area contributed by atoms with Crippen molar-refractivity contribution in [1.29, 1.82) is 0 Å². The van der Waals surface area contributed by atoms with Crippen molar-refractivity contribution in [2.75, 3.05) is 25.2 Å². The van der Waals surface area contributed by atoms with Crippen molar-refractivity contribution in [3.05, 3.63) is 54.6 Å². The van der Waals surface area contributed by atoms with Crippen LogP contribution in [0.1, 0.15) is 0 Å². The van der Waals surface area contributed by atoms with Gasteiger partial charge in [-0.1, -0.05) is 18.2 Å². The molecule has 2 unspecified atom stereocenters. The third-order valence-corrected chi connectivity index (χ3v) is 3.74. The predicted molar refractivity (Wildman–Crippen MR) is 87.0 cm³/mol. The molecule has 3 rings (SSSR count). The zero-order chi connectivity index (χ0) is 16.1. The molecule has 1 aliphatic rings. The highest BCUT2D eigenvalue weighted by atomic mass is 16.6. The van der Waals surface area contributed by atoms with Crippen LogP contribution in [0, 0.1) is 0 Å². The second kappa shape index (κ2) is 7.15. The molecule has 23 heavy (non-hydrogen) atoms. The summed E-state index contributed by atoms with van der Waals surface area (Å²) >= 11 is 0. The van der Waals surface area contributed by atoms with E-state index in [9.17, 15) is 4.79 Å². The Balaban J connectivity index is 1.64. The van der Waals surface area contributed by atoms with Gasteiger partial charge in [-0.15, -0.1) is 0 Å². The van der Waals surface area contributed by atoms with Crippen molar-refractivity contribution < 1.29 is 19.0 Å². The summed E-state index contributed by atoms with van der Waals surface area (Å²) < 4.78 is 16.6. The minimum Gasteiger partial charge on any atom is -0.497 e. The van der Waals surface area contributed by atoms with Gasteiger partial charge in [0.15, 0.2) is 12.5 Å². The number of carbonyl (C=O) groups is 1. The van der Waals surface area contributed by atoms with E-state index in [-0.39, 0.29) is 6.10 Å². The van der Waals surface area contributed by atoms with Crippen LogP contribution in [0.25, 0.3) is 0 Å². The van der Waals surface area contributed by atoms with Crippen LogP contribution in [0.2, 0.25) is 0 Å². The number of rotatable bonds is 6. The van der Waals surface area contributed by atoms with Gasteiger partial charge in [0.2, 0.25) is 0 Å². The molecule has 0 amide bonds. The van der Waals surface area contributed by atoms with Crippen molar-refractivity contribution in [3.63, 3.8) is 0 Å². The van der Waals surface area contributed by atoms with Gasteiger partial charge >= 0.3 is 0 Å². The molecule has 0 N–H and O–H groups in total. The van der Waals surface area contributed by atoms with Gasteiger partial charge < -0.3 is 19.1 Å². The number of ether oxygens (including phenoxy) is 3. The molecule has 0 radical (unpaired) electrons. The van der Waals surface area contributed by atoms with E-state index in [1.165, 1.54) is 0 Å². The number of hydrogen-bond donors (Lipinski definition) is 0. The van der Waals surface area contributed by atoms with Gasteiger partial charge in [-0.25, -0.2) is 0 Å². The topological polar surface area (TPSA) is 48.0 Å². The molecule has 1 aliphatic heterocycles. The molecule has 120 valence electrons. The molecule has 2 aromatic carbocycles. The van der Waals surface area contributed by atoms with E-state index >= 15 is 0 Å². The highest BCUT2D eigenvalue weighted by Crippen LogP contribution is 2.26. The van der Waals surface area contributed by atoms with E-state index in [2.05, 4.69) is 0 Å². The second-order valence-electron chi connectivity index (χ2n) is 5.26. The fraction of sp³-hybridized carbons (Fsp3) is 0.278. The number of methoxy groups -OCH3 is 1. The van der Waals surface area contributed by atoms with E-state index in [1.807, 2.05) is 59.5 Å². The van der Waals surface area contributed by atoms with Gasteiger partial charge in [-0.05, 0) is 36.4 Å². The number of carbonyl (C=O) groups excluding carboxylic acids is 1. The normalized spacial score (nSPS) is 20.3. The Hall–Kier alpha value is -2.53. The molecule has 5 nitrogen and oxygen atoms in total. The van der Waals surface area contributed by atoms with Gasteiger partial charge in [0.1, 0.15) is 24.2 Å². The Kier molecular flexibility index (Phi) is 4.78. The van der Waals surface area contributed by atoms with Crippen molar-refractivity contribution >= 4 is 12.0 Å². The Morgan fingerprint density at radius 3 is 2.52 bits per heavy atom. The Morgan fingerprint density at radius 2 is 1.87 bits per heavy atom. The molecular formula is C18H19NO4. The zero-order valence-corrected chi connectivity index (χ0v) is 12.9. The van der Waals surface area contributed by atoms with Gasteiger partial charge in [0, 0.05) is 5.69 Å². The second-order valence-corrected chi connectivity index (χ2v) is 5.26. The largest absolute Gasteiger partial charge is 0.497 e. The number of anilines is 1. The lowest BCUT2D eigenvalue weighted by Crippen LogP contribution is -2.31. The third-order valence-electron chi connectivity index (χ3n) is 3.74. The lowest BCUT2D eigenvalue weighted by atomic mass is 10.2. The van der Waals surface area contributed by atoms with E-state index in [0.29, 0.717) is 13.2 Å². The molecule has 1 saturated heterocycles. The number of hydrogen-bond acceptors (Lipinski definition) is 5. The summed E-state index contributed by atoms with van der Waals surface area (Å²) in [5, 5.41) is 0. The lowest BCUT2D eigenvalue weighted by molar-refractivity contribution is -0.117. The number of benzene rings is 2. The first-order valence-corrected chi connectivity index (χ1v) is 7.49. The lowest BCUT2D eigenvalue weighted by Gasteiger charge is -2.20.